The predicted molar refractivity (Wildman–Crippen MR) is 82.1 cm³/mol. The lowest BCUT2D eigenvalue weighted by atomic mass is 9.89. The zero-order valence-corrected chi connectivity index (χ0v) is 13.6. The fourth-order valence-corrected chi connectivity index (χ4v) is 2.64. The number of thioether (sulfide) groups is 1. The van der Waals surface area contributed by atoms with Crippen molar-refractivity contribution < 1.29 is 14.3 Å². The first-order valence-electron chi connectivity index (χ1n) is 6.69. The Balaban J connectivity index is 2.66. The third-order valence-electron chi connectivity index (χ3n) is 3.33. The van der Waals surface area contributed by atoms with Gasteiger partial charge in [0, 0.05) is 4.90 Å². The maximum atomic E-state index is 12.2. The van der Waals surface area contributed by atoms with Gasteiger partial charge in [0.05, 0.1) is 12.4 Å². The van der Waals surface area contributed by atoms with E-state index in [-0.39, 0.29) is 11.5 Å². The van der Waals surface area contributed by atoms with Gasteiger partial charge in [0.1, 0.15) is 5.41 Å². The molecule has 0 aliphatic heterocycles. The number of ketones is 1. The van der Waals surface area contributed by atoms with Gasteiger partial charge in [-0.3, -0.25) is 9.59 Å². The summed E-state index contributed by atoms with van der Waals surface area (Å²) in [5.74, 6) is -0.293. The van der Waals surface area contributed by atoms with E-state index < -0.39 is 11.4 Å². The fourth-order valence-electron chi connectivity index (χ4n) is 1.56. The predicted octanol–water partition coefficient (Wildman–Crippen LogP) is 3.55. The highest BCUT2D eigenvalue weighted by molar-refractivity contribution is 8.00. The molecule has 0 aliphatic carbocycles. The highest BCUT2D eigenvalue weighted by atomic mass is 32.2. The van der Waals surface area contributed by atoms with Crippen LogP contribution < -0.4 is 0 Å². The zero-order chi connectivity index (χ0) is 15.3. The molecule has 0 radical (unpaired) electrons. The Morgan fingerprint density at radius 2 is 1.85 bits per heavy atom. The first-order chi connectivity index (χ1) is 9.28. The van der Waals surface area contributed by atoms with Crippen LogP contribution in [0.2, 0.25) is 0 Å². The van der Waals surface area contributed by atoms with Gasteiger partial charge in [0.2, 0.25) is 0 Å². The highest BCUT2D eigenvalue weighted by Gasteiger charge is 2.36. The molecule has 0 atom stereocenters. The Labute approximate surface area is 125 Å². The first-order valence-corrected chi connectivity index (χ1v) is 7.68. The number of carbonyl (C=O) groups excluding carboxylic acids is 2. The Morgan fingerprint density at radius 3 is 2.40 bits per heavy atom. The van der Waals surface area contributed by atoms with E-state index in [4.69, 9.17) is 4.74 Å². The van der Waals surface area contributed by atoms with Crippen molar-refractivity contribution in [2.45, 2.75) is 39.5 Å². The van der Waals surface area contributed by atoms with E-state index in [1.165, 1.54) is 22.9 Å². The van der Waals surface area contributed by atoms with Crippen LogP contribution in [0.4, 0.5) is 0 Å². The summed E-state index contributed by atoms with van der Waals surface area (Å²) in [4.78, 5) is 25.0. The van der Waals surface area contributed by atoms with Crippen LogP contribution in [0, 0.1) is 19.3 Å². The van der Waals surface area contributed by atoms with E-state index in [0.29, 0.717) is 6.61 Å². The van der Waals surface area contributed by atoms with Crippen molar-refractivity contribution in [3.8, 4) is 0 Å². The van der Waals surface area contributed by atoms with E-state index in [0.717, 1.165) is 4.90 Å². The van der Waals surface area contributed by atoms with Crippen LogP contribution >= 0.6 is 11.8 Å². The van der Waals surface area contributed by atoms with Crippen LogP contribution in [0.5, 0.6) is 0 Å². The number of rotatable bonds is 6. The van der Waals surface area contributed by atoms with Gasteiger partial charge in [0.15, 0.2) is 5.78 Å². The maximum Gasteiger partial charge on any atom is 0.319 e. The zero-order valence-electron chi connectivity index (χ0n) is 12.8. The molecule has 0 bridgehead atoms. The number of hydrogen-bond donors (Lipinski definition) is 0. The van der Waals surface area contributed by atoms with Crippen LogP contribution in [-0.2, 0) is 14.3 Å². The standard InChI is InChI=1S/C16H22O3S/c1-6-19-15(18)16(4,5)14(17)10-20-13-8-7-11(2)12(3)9-13/h7-9H,6,10H2,1-5H3. The third kappa shape index (κ3) is 4.10. The summed E-state index contributed by atoms with van der Waals surface area (Å²) in [6.07, 6.45) is 0. The summed E-state index contributed by atoms with van der Waals surface area (Å²) in [6.45, 7) is 9.37. The molecule has 0 aliphatic rings. The quantitative estimate of drug-likeness (QED) is 0.457. The van der Waals surface area contributed by atoms with E-state index >= 15 is 0 Å². The number of aryl methyl sites for hydroxylation is 2. The molecule has 0 amide bonds. The summed E-state index contributed by atoms with van der Waals surface area (Å²) in [5.41, 5.74) is 1.35. The van der Waals surface area contributed by atoms with Crippen LogP contribution in [0.1, 0.15) is 31.9 Å². The van der Waals surface area contributed by atoms with Gasteiger partial charge in [-0.25, -0.2) is 0 Å². The minimum absolute atomic E-state index is 0.112. The summed E-state index contributed by atoms with van der Waals surface area (Å²) < 4.78 is 4.95. The van der Waals surface area contributed by atoms with Crippen LogP contribution in [0.3, 0.4) is 0 Å². The SMILES string of the molecule is CCOC(=O)C(C)(C)C(=O)CSc1ccc(C)c(C)c1. The molecule has 0 saturated carbocycles. The van der Waals surface area contributed by atoms with Gasteiger partial charge < -0.3 is 4.74 Å². The second-order valence-corrected chi connectivity index (χ2v) is 6.35. The van der Waals surface area contributed by atoms with E-state index in [9.17, 15) is 9.59 Å². The molecule has 0 heterocycles. The molecule has 1 aromatic rings. The normalized spacial score (nSPS) is 11.2. The molecule has 0 aromatic heterocycles. The molecule has 4 heteroatoms. The van der Waals surface area contributed by atoms with Crippen molar-refractivity contribution in [1.82, 2.24) is 0 Å². The minimum Gasteiger partial charge on any atom is -0.465 e. The van der Waals surface area contributed by atoms with Crippen LogP contribution in [0.25, 0.3) is 0 Å². The summed E-state index contributed by atoms with van der Waals surface area (Å²) >= 11 is 1.46. The molecule has 1 rings (SSSR count). The molecule has 3 nitrogen and oxygen atoms in total. The van der Waals surface area contributed by atoms with Gasteiger partial charge in [-0.2, -0.15) is 0 Å². The van der Waals surface area contributed by atoms with E-state index in [1.807, 2.05) is 19.1 Å². The number of ether oxygens (including phenoxy) is 1. The number of carbonyl (C=O) groups is 2. The molecule has 0 unspecified atom stereocenters. The van der Waals surface area contributed by atoms with Crippen molar-refractivity contribution in [3.63, 3.8) is 0 Å². The van der Waals surface area contributed by atoms with Gasteiger partial charge in [-0.05, 0) is 57.9 Å². The van der Waals surface area contributed by atoms with Gasteiger partial charge in [0.25, 0.3) is 0 Å². The number of esters is 1. The average Bonchev–Trinajstić information content (AvgIpc) is 2.39. The largest absolute Gasteiger partial charge is 0.465 e. The second kappa shape index (κ2) is 6.93. The van der Waals surface area contributed by atoms with E-state index in [2.05, 4.69) is 13.0 Å². The molecule has 1 aromatic carbocycles. The Morgan fingerprint density at radius 1 is 1.20 bits per heavy atom. The van der Waals surface area contributed by atoms with Crippen LogP contribution in [-0.4, -0.2) is 24.1 Å². The lowest BCUT2D eigenvalue weighted by Gasteiger charge is -2.20. The summed E-state index contributed by atoms with van der Waals surface area (Å²) in [7, 11) is 0. The van der Waals surface area contributed by atoms with Crippen molar-refractivity contribution >= 4 is 23.5 Å². The second-order valence-electron chi connectivity index (χ2n) is 5.30. The summed E-state index contributed by atoms with van der Waals surface area (Å²) in [5, 5.41) is 0. The molecule has 20 heavy (non-hydrogen) atoms. The Kier molecular flexibility index (Phi) is 5.81. The number of benzene rings is 1. The lowest BCUT2D eigenvalue weighted by molar-refractivity contribution is -0.157. The molecule has 0 spiro atoms. The number of hydrogen-bond acceptors (Lipinski definition) is 4. The Bertz CT molecular complexity index is 506. The Hall–Kier alpha value is -1.29. The smallest absolute Gasteiger partial charge is 0.319 e. The first kappa shape index (κ1) is 16.8. The third-order valence-corrected chi connectivity index (χ3v) is 4.32. The molecular weight excluding hydrogens is 272 g/mol. The van der Waals surface area contributed by atoms with Crippen molar-refractivity contribution in [3.05, 3.63) is 29.3 Å². The summed E-state index contributed by atoms with van der Waals surface area (Å²) in [6, 6.07) is 6.10. The van der Waals surface area contributed by atoms with Crippen LogP contribution in [0.15, 0.2) is 23.1 Å². The van der Waals surface area contributed by atoms with Crippen molar-refractivity contribution in [2.24, 2.45) is 5.41 Å². The lowest BCUT2D eigenvalue weighted by Crippen LogP contribution is -2.36. The topological polar surface area (TPSA) is 43.4 Å². The van der Waals surface area contributed by atoms with Gasteiger partial charge in [-0.15, -0.1) is 11.8 Å². The number of Topliss-reactive ketones (excluding diaryl/α,β-unsaturated/α-hetero) is 1. The highest BCUT2D eigenvalue weighted by Crippen LogP contribution is 2.26. The molecule has 0 N–H and O–H groups in total. The van der Waals surface area contributed by atoms with Crippen molar-refractivity contribution in [2.75, 3.05) is 12.4 Å². The van der Waals surface area contributed by atoms with E-state index in [1.54, 1.807) is 20.8 Å². The minimum atomic E-state index is -1.08. The molecular formula is C16H22O3S. The fraction of sp³-hybridized carbons (Fsp3) is 0.500. The average molecular weight is 294 g/mol. The molecule has 0 fully saturated rings. The monoisotopic (exact) mass is 294 g/mol. The maximum absolute atomic E-state index is 12.2. The molecule has 0 saturated heterocycles. The van der Waals surface area contributed by atoms with Gasteiger partial charge in [-0.1, -0.05) is 6.07 Å². The molecule has 110 valence electrons. The van der Waals surface area contributed by atoms with Gasteiger partial charge >= 0.3 is 5.97 Å². The van der Waals surface area contributed by atoms with Crippen molar-refractivity contribution in [1.29, 1.82) is 0 Å².